The Hall–Kier alpha value is -3.07. The minimum atomic E-state index is -0.474. The fraction of sp³-hybridized carbons (Fsp3) is 0.674. The number of unbranched alkanes of at least 4 members (excludes halogenated alkanes) is 13. The molecule has 3 fully saturated rings. The highest BCUT2D eigenvalue weighted by atomic mass is 16.7. The second-order valence-corrected chi connectivity index (χ2v) is 15.7. The predicted octanol–water partition coefficient (Wildman–Crippen LogP) is 11.9. The van der Waals surface area contributed by atoms with Crippen LogP contribution >= 0.6 is 0 Å². The third-order valence-corrected chi connectivity index (χ3v) is 11.2. The lowest BCUT2D eigenvalue weighted by Crippen LogP contribution is -2.29. The zero-order valence-electron chi connectivity index (χ0n) is 33.2. The molecule has 6 rings (SSSR count). The zero-order chi connectivity index (χ0) is 37.2. The maximum absolute atomic E-state index is 14.9. The molecule has 0 N–H and O–H groups in total. The van der Waals surface area contributed by atoms with Crippen molar-refractivity contribution in [2.45, 2.75) is 180 Å². The summed E-state index contributed by atoms with van der Waals surface area (Å²) in [5, 5.41) is 0.497. The number of aryl methyl sites for hydroxylation is 1. The smallest absolute Gasteiger partial charge is 0.235 e. The molecule has 0 saturated carbocycles. The Kier molecular flexibility index (Phi) is 16.9. The lowest BCUT2D eigenvalue weighted by Gasteiger charge is -2.29. The van der Waals surface area contributed by atoms with Gasteiger partial charge in [0.05, 0.1) is 36.4 Å². The van der Waals surface area contributed by atoms with Crippen molar-refractivity contribution in [2.24, 2.45) is 0 Å². The van der Waals surface area contributed by atoms with Crippen LogP contribution in [0.15, 0.2) is 47.3 Å². The van der Waals surface area contributed by atoms with Gasteiger partial charge in [-0.2, -0.15) is 0 Å². The molecular formula is C46H67NO7. The van der Waals surface area contributed by atoms with Crippen LogP contribution < -0.4 is 19.6 Å². The van der Waals surface area contributed by atoms with Crippen molar-refractivity contribution in [3.63, 3.8) is 0 Å². The fourth-order valence-electron chi connectivity index (χ4n) is 8.17. The van der Waals surface area contributed by atoms with Gasteiger partial charge in [-0.3, -0.25) is 4.79 Å². The molecule has 8 heteroatoms. The summed E-state index contributed by atoms with van der Waals surface area (Å²) in [5.74, 6) is 1.43. The maximum atomic E-state index is 14.9. The van der Waals surface area contributed by atoms with E-state index in [2.05, 4.69) is 23.6 Å². The van der Waals surface area contributed by atoms with Crippen LogP contribution in [0.3, 0.4) is 0 Å². The van der Waals surface area contributed by atoms with Gasteiger partial charge in [-0.25, -0.2) is 0 Å². The molecular weight excluding hydrogens is 679 g/mol. The number of aromatic nitrogens is 1. The van der Waals surface area contributed by atoms with Crippen LogP contribution in [-0.4, -0.2) is 43.3 Å². The summed E-state index contributed by atoms with van der Waals surface area (Å²) in [4.78, 5) is 14.9. The normalized spacial score (nSPS) is 20.6. The highest BCUT2D eigenvalue weighted by Gasteiger charge is 2.28. The monoisotopic (exact) mass is 745 g/mol. The Morgan fingerprint density at radius 3 is 1.67 bits per heavy atom. The molecule has 3 aromatic rings. The molecule has 0 radical (unpaired) electrons. The van der Waals surface area contributed by atoms with Gasteiger partial charge in [-0.1, -0.05) is 121 Å². The van der Waals surface area contributed by atoms with E-state index in [9.17, 15) is 4.79 Å². The third kappa shape index (κ3) is 12.0. The van der Waals surface area contributed by atoms with Crippen LogP contribution in [-0.2, 0) is 20.8 Å². The SMILES string of the molecule is CCCCCCCCCCCCCCCCn1c(-c2ccccc2)c(OC2CCCCO2)c(=O)c2c(OC3CCCCO3)cc(OC3CCCCO3)cc21. The molecule has 2 aromatic carbocycles. The van der Waals surface area contributed by atoms with Gasteiger partial charge in [0.15, 0.2) is 24.6 Å². The van der Waals surface area contributed by atoms with Crippen LogP contribution in [0.2, 0.25) is 0 Å². The Morgan fingerprint density at radius 1 is 0.611 bits per heavy atom. The second kappa shape index (κ2) is 22.5. The summed E-state index contributed by atoms with van der Waals surface area (Å²) in [6, 6.07) is 14.1. The number of pyridine rings is 1. The molecule has 0 bridgehead atoms. The zero-order valence-corrected chi connectivity index (χ0v) is 33.2. The van der Waals surface area contributed by atoms with Gasteiger partial charge in [0.25, 0.3) is 0 Å². The Balaban J connectivity index is 1.28. The standard InChI is InChI=1S/C46H67NO7/c1-2-3-4-5-6-7-8-9-10-11-12-13-14-21-30-47-38-34-37(52-40-27-18-22-31-49-40)35-39(53-41-28-19-23-32-50-41)43(38)45(48)46(54-42-29-20-24-33-51-42)44(47)36-25-16-15-17-26-36/h15-17,25-26,34-35,40-42H,2-14,18-24,27-33H2,1H3. The fourth-order valence-corrected chi connectivity index (χ4v) is 8.17. The molecule has 54 heavy (non-hydrogen) atoms. The van der Waals surface area contributed by atoms with Crippen molar-refractivity contribution in [1.82, 2.24) is 4.57 Å². The first-order valence-corrected chi connectivity index (χ1v) is 21.9. The van der Waals surface area contributed by atoms with E-state index in [-0.39, 0.29) is 11.7 Å². The number of hydrogen-bond donors (Lipinski definition) is 0. The van der Waals surface area contributed by atoms with Crippen molar-refractivity contribution in [2.75, 3.05) is 19.8 Å². The molecule has 0 aliphatic carbocycles. The maximum Gasteiger partial charge on any atom is 0.235 e. The van der Waals surface area contributed by atoms with Crippen LogP contribution in [0.4, 0.5) is 0 Å². The molecule has 1 aromatic heterocycles. The highest BCUT2D eigenvalue weighted by molar-refractivity contribution is 5.92. The molecule has 3 saturated heterocycles. The lowest BCUT2D eigenvalue weighted by molar-refractivity contribution is -0.108. The lowest BCUT2D eigenvalue weighted by atomic mass is 10.0. The predicted molar refractivity (Wildman–Crippen MR) is 217 cm³/mol. The molecule has 0 amide bonds. The number of benzene rings is 2. The first kappa shape index (κ1) is 40.6. The van der Waals surface area contributed by atoms with Gasteiger partial charge < -0.3 is 33.0 Å². The molecule has 3 unspecified atom stereocenters. The minimum absolute atomic E-state index is 0.193. The van der Waals surface area contributed by atoms with Gasteiger partial charge in [0.2, 0.25) is 5.43 Å². The van der Waals surface area contributed by atoms with Crippen LogP contribution in [0.1, 0.15) is 155 Å². The van der Waals surface area contributed by atoms with E-state index in [0.717, 1.165) is 93.9 Å². The summed E-state index contributed by atoms with van der Waals surface area (Å²) in [7, 11) is 0. The molecule has 3 atom stereocenters. The number of ether oxygens (including phenoxy) is 6. The average molecular weight is 746 g/mol. The summed E-state index contributed by atoms with van der Waals surface area (Å²) >= 11 is 0. The summed E-state index contributed by atoms with van der Waals surface area (Å²) in [6.45, 7) is 4.96. The van der Waals surface area contributed by atoms with Crippen LogP contribution in [0, 0.1) is 0 Å². The van der Waals surface area contributed by atoms with E-state index >= 15 is 0 Å². The van der Waals surface area contributed by atoms with Crippen molar-refractivity contribution in [3.05, 3.63) is 52.7 Å². The van der Waals surface area contributed by atoms with Gasteiger partial charge in [0, 0.05) is 43.5 Å². The van der Waals surface area contributed by atoms with Crippen molar-refractivity contribution in [3.8, 4) is 28.5 Å². The average Bonchev–Trinajstić information content (AvgIpc) is 3.21. The molecule has 3 aliphatic heterocycles. The second-order valence-electron chi connectivity index (χ2n) is 15.7. The van der Waals surface area contributed by atoms with Crippen molar-refractivity contribution < 1.29 is 28.4 Å². The molecule has 298 valence electrons. The molecule has 3 aliphatic rings. The van der Waals surface area contributed by atoms with E-state index in [1.165, 1.54) is 77.0 Å². The Morgan fingerprint density at radius 2 is 1.13 bits per heavy atom. The summed E-state index contributed by atoms with van der Waals surface area (Å²) < 4.78 is 40.2. The topological polar surface area (TPSA) is 77.4 Å². The number of hydrogen-bond acceptors (Lipinski definition) is 7. The van der Waals surface area contributed by atoms with E-state index < -0.39 is 12.6 Å². The van der Waals surface area contributed by atoms with E-state index in [0.29, 0.717) is 42.5 Å². The van der Waals surface area contributed by atoms with Gasteiger partial charge in [0.1, 0.15) is 11.5 Å². The van der Waals surface area contributed by atoms with Crippen LogP contribution in [0.5, 0.6) is 17.2 Å². The van der Waals surface area contributed by atoms with E-state index in [1.54, 1.807) is 0 Å². The largest absolute Gasteiger partial charge is 0.465 e. The van der Waals surface area contributed by atoms with Gasteiger partial charge in [-0.15, -0.1) is 0 Å². The first-order valence-electron chi connectivity index (χ1n) is 21.9. The molecule has 4 heterocycles. The first-order chi connectivity index (χ1) is 26.7. The van der Waals surface area contributed by atoms with Crippen molar-refractivity contribution in [1.29, 1.82) is 0 Å². The number of nitrogens with zero attached hydrogens (tertiary/aromatic N) is 1. The minimum Gasteiger partial charge on any atom is -0.465 e. The molecule has 8 nitrogen and oxygen atoms in total. The quantitative estimate of drug-likeness (QED) is 0.0948. The Bertz CT molecular complexity index is 1570. The highest BCUT2D eigenvalue weighted by Crippen LogP contribution is 2.39. The van der Waals surface area contributed by atoms with Crippen molar-refractivity contribution >= 4 is 10.9 Å². The van der Waals surface area contributed by atoms with Crippen LogP contribution in [0.25, 0.3) is 22.2 Å². The molecule has 0 spiro atoms. The number of fused-ring (bicyclic) bond motifs is 1. The van der Waals surface area contributed by atoms with Gasteiger partial charge in [-0.05, 0) is 44.9 Å². The number of rotatable bonds is 22. The Labute approximate surface area is 324 Å². The van der Waals surface area contributed by atoms with E-state index in [4.69, 9.17) is 28.4 Å². The summed E-state index contributed by atoms with van der Waals surface area (Å²) in [5.41, 5.74) is 2.31. The van der Waals surface area contributed by atoms with E-state index in [1.807, 2.05) is 30.3 Å². The van der Waals surface area contributed by atoms with Gasteiger partial charge >= 0.3 is 0 Å². The summed E-state index contributed by atoms with van der Waals surface area (Å²) in [6.07, 6.45) is 25.5. The third-order valence-electron chi connectivity index (χ3n) is 11.2.